The number of carboxylic acids is 1. The summed E-state index contributed by atoms with van der Waals surface area (Å²) < 4.78 is 4.75. The number of esters is 1. The van der Waals surface area contributed by atoms with Crippen LogP contribution in [0.25, 0.3) is 0 Å². The van der Waals surface area contributed by atoms with Gasteiger partial charge in [-0.25, -0.2) is 0 Å². The van der Waals surface area contributed by atoms with E-state index in [4.69, 9.17) is 9.84 Å². The van der Waals surface area contributed by atoms with Crippen molar-refractivity contribution in [2.24, 2.45) is 10.8 Å². The van der Waals surface area contributed by atoms with E-state index in [0.29, 0.717) is 32.1 Å². The molecule has 0 radical (unpaired) electrons. The molecule has 14 heavy (non-hydrogen) atoms. The average molecular weight is 198 g/mol. The zero-order valence-corrected chi connectivity index (χ0v) is 8.21. The predicted molar refractivity (Wildman–Crippen MR) is 47.6 cm³/mol. The van der Waals surface area contributed by atoms with Crippen molar-refractivity contribution in [1.82, 2.24) is 0 Å². The average Bonchev–Trinajstić information content (AvgIpc) is 2.74. The van der Waals surface area contributed by atoms with Crippen molar-refractivity contribution in [3.05, 3.63) is 0 Å². The third-order valence-corrected chi connectivity index (χ3v) is 3.91. The highest BCUT2D eigenvalue weighted by molar-refractivity contribution is 5.83. The number of carbonyl (C=O) groups excluding carboxylic acids is 1. The van der Waals surface area contributed by atoms with E-state index in [1.165, 1.54) is 7.11 Å². The Labute approximate surface area is 82.2 Å². The lowest BCUT2D eigenvalue weighted by molar-refractivity contribution is -0.152. The van der Waals surface area contributed by atoms with Crippen molar-refractivity contribution >= 4 is 11.9 Å². The topological polar surface area (TPSA) is 63.6 Å². The Hall–Kier alpha value is -1.06. The second-order valence-electron chi connectivity index (χ2n) is 4.53. The lowest BCUT2D eigenvalue weighted by atomic mass is 9.82. The van der Waals surface area contributed by atoms with Crippen LogP contribution in [0.4, 0.5) is 0 Å². The molecule has 2 fully saturated rings. The molecule has 0 aliphatic heterocycles. The molecule has 2 rings (SSSR count). The quantitative estimate of drug-likeness (QED) is 0.677. The molecular weight excluding hydrogens is 184 g/mol. The molecule has 4 heteroatoms. The van der Waals surface area contributed by atoms with E-state index in [1.807, 2.05) is 0 Å². The van der Waals surface area contributed by atoms with Gasteiger partial charge in [0, 0.05) is 0 Å². The van der Waals surface area contributed by atoms with Gasteiger partial charge in [-0.2, -0.15) is 0 Å². The normalized spacial score (nSPS) is 39.8. The summed E-state index contributed by atoms with van der Waals surface area (Å²) in [6.07, 6.45) is 3.06. The van der Waals surface area contributed by atoms with Crippen LogP contribution in [-0.2, 0) is 14.3 Å². The minimum Gasteiger partial charge on any atom is -0.481 e. The molecule has 78 valence electrons. The molecule has 0 heterocycles. The summed E-state index contributed by atoms with van der Waals surface area (Å²) in [6, 6.07) is 0. The summed E-state index contributed by atoms with van der Waals surface area (Å²) in [5.74, 6) is -0.973. The highest BCUT2D eigenvalue weighted by Gasteiger charge is 2.62. The van der Waals surface area contributed by atoms with Gasteiger partial charge in [0.05, 0.1) is 17.9 Å². The minimum absolute atomic E-state index is 0.224. The standard InChI is InChI=1S/C10H14O4/c1-14-8(13)10-4-2-9(6-10,3-5-10)7(11)12/h2-6H2,1H3,(H,11,12). The molecule has 4 nitrogen and oxygen atoms in total. The van der Waals surface area contributed by atoms with Gasteiger partial charge < -0.3 is 9.84 Å². The summed E-state index contributed by atoms with van der Waals surface area (Å²) in [7, 11) is 1.37. The van der Waals surface area contributed by atoms with Gasteiger partial charge in [0.1, 0.15) is 0 Å². The Morgan fingerprint density at radius 1 is 1.14 bits per heavy atom. The molecule has 2 bridgehead atoms. The van der Waals surface area contributed by atoms with E-state index in [-0.39, 0.29) is 5.97 Å². The highest BCUT2D eigenvalue weighted by atomic mass is 16.5. The molecule has 0 amide bonds. The summed E-state index contributed by atoms with van der Waals surface area (Å²) in [6.45, 7) is 0. The second-order valence-corrected chi connectivity index (χ2v) is 4.53. The monoisotopic (exact) mass is 198 g/mol. The van der Waals surface area contributed by atoms with Crippen LogP contribution in [0.3, 0.4) is 0 Å². The van der Waals surface area contributed by atoms with E-state index in [2.05, 4.69) is 0 Å². The Balaban J connectivity index is 2.24. The van der Waals surface area contributed by atoms with Crippen LogP contribution in [0, 0.1) is 10.8 Å². The number of carboxylic acid groups (broad SMARTS) is 1. The molecule has 2 saturated carbocycles. The largest absolute Gasteiger partial charge is 0.481 e. The summed E-state index contributed by atoms with van der Waals surface area (Å²) in [4.78, 5) is 22.6. The lowest BCUT2D eigenvalue weighted by Crippen LogP contribution is -2.27. The molecule has 0 aromatic carbocycles. The van der Waals surface area contributed by atoms with Crippen LogP contribution in [0.2, 0.25) is 0 Å². The van der Waals surface area contributed by atoms with Gasteiger partial charge >= 0.3 is 11.9 Å². The SMILES string of the molecule is COC(=O)C12CCC(C(=O)O)(CC1)C2. The van der Waals surface area contributed by atoms with Gasteiger partial charge in [0.25, 0.3) is 0 Å². The Morgan fingerprint density at radius 2 is 1.64 bits per heavy atom. The molecule has 2 aliphatic rings. The first kappa shape index (κ1) is 9.49. The van der Waals surface area contributed by atoms with E-state index in [1.54, 1.807) is 0 Å². The van der Waals surface area contributed by atoms with Crippen molar-refractivity contribution in [1.29, 1.82) is 0 Å². The van der Waals surface area contributed by atoms with Crippen molar-refractivity contribution in [3.63, 3.8) is 0 Å². The molecule has 0 saturated heterocycles. The van der Waals surface area contributed by atoms with Gasteiger partial charge in [-0.3, -0.25) is 9.59 Å². The van der Waals surface area contributed by atoms with Crippen LogP contribution in [-0.4, -0.2) is 24.2 Å². The highest BCUT2D eigenvalue weighted by Crippen LogP contribution is 2.62. The number of rotatable bonds is 2. The van der Waals surface area contributed by atoms with E-state index in [9.17, 15) is 9.59 Å². The first-order valence-corrected chi connectivity index (χ1v) is 4.87. The van der Waals surface area contributed by atoms with Crippen molar-refractivity contribution in [2.45, 2.75) is 32.1 Å². The summed E-state index contributed by atoms with van der Waals surface area (Å²) >= 11 is 0. The van der Waals surface area contributed by atoms with Gasteiger partial charge in [0.2, 0.25) is 0 Å². The van der Waals surface area contributed by atoms with Crippen LogP contribution in [0.5, 0.6) is 0 Å². The van der Waals surface area contributed by atoms with Gasteiger partial charge in [0.15, 0.2) is 0 Å². The number of fused-ring (bicyclic) bond motifs is 2. The number of hydrogen-bond acceptors (Lipinski definition) is 3. The van der Waals surface area contributed by atoms with E-state index in [0.717, 1.165) is 0 Å². The molecule has 0 aromatic heterocycles. The van der Waals surface area contributed by atoms with Crippen LogP contribution in [0.15, 0.2) is 0 Å². The molecule has 1 N–H and O–H groups in total. The molecule has 0 unspecified atom stereocenters. The zero-order chi connectivity index (χ0) is 10.4. The third-order valence-electron chi connectivity index (χ3n) is 3.91. The molecule has 2 aliphatic carbocycles. The van der Waals surface area contributed by atoms with Crippen LogP contribution in [0.1, 0.15) is 32.1 Å². The third kappa shape index (κ3) is 0.996. The van der Waals surface area contributed by atoms with Gasteiger partial charge in [-0.05, 0) is 32.1 Å². The van der Waals surface area contributed by atoms with Crippen molar-refractivity contribution in [3.8, 4) is 0 Å². The predicted octanol–water partition coefficient (Wildman–Crippen LogP) is 1.19. The van der Waals surface area contributed by atoms with Gasteiger partial charge in [-0.15, -0.1) is 0 Å². The van der Waals surface area contributed by atoms with Crippen molar-refractivity contribution < 1.29 is 19.4 Å². The smallest absolute Gasteiger partial charge is 0.311 e. The summed E-state index contributed by atoms with van der Waals surface area (Å²) in [5, 5.41) is 9.11. The number of hydrogen-bond donors (Lipinski definition) is 1. The number of carbonyl (C=O) groups is 2. The maximum atomic E-state index is 11.5. The fourth-order valence-corrected chi connectivity index (χ4v) is 2.99. The first-order valence-electron chi connectivity index (χ1n) is 4.87. The molecule has 0 aromatic rings. The van der Waals surface area contributed by atoms with Crippen LogP contribution < -0.4 is 0 Å². The maximum absolute atomic E-state index is 11.5. The Bertz CT molecular complexity index is 286. The second kappa shape index (κ2) is 2.72. The first-order chi connectivity index (χ1) is 6.55. The number of methoxy groups -OCH3 is 1. The van der Waals surface area contributed by atoms with E-state index < -0.39 is 16.8 Å². The van der Waals surface area contributed by atoms with Crippen LogP contribution >= 0.6 is 0 Å². The number of ether oxygens (including phenoxy) is 1. The molecular formula is C10H14O4. The minimum atomic E-state index is -0.749. The Morgan fingerprint density at radius 3 is 2.00 bits per heavy atom. The Kier molecular flexibility index (Phi) is 1.84. The van der Waals surface area contributed by atoms with E-state index >= 15 is 0 Å². The fraction of sp³-hybridized carbons (Fsp3) is 0.800. The number of aliphatic carboxylic acids is 1. The lowest BCUT2D eigenvalue weighted by Gasteiger charge is -2.23. The molecule has 0 spiro atoms. The van der Waals surface area contributed by atoms with Gasteiger partial charge in [-0.1, -0.05) is 0 Å². The van der Waals surface area contributed by atoms with Crippen molar-refractivity contribution in [2.75, 3.05) is 7.11 Å². The maximum Gasteiger partial charge on any atom is 0.311 e. The fourth-order valence-electron chi connectivity index (χ4n) is 2.99. The zero-order valence-electron chi connectivity index (χ0n) is 8.21. The summed E-state index contributed by atoms with van der Waals surface area (Å²) in [5.41, 5.74) is -1.11. The molecule has 0 atom stereocenters.